The van der Waals surface area contributed by atoms with E-state index >= 15 is 0 Å². The zero-order valence-electron chi connectivity index (χ0n) is 10.7. The zero-order chi connectivity index (χ0) is 12.3. The predicted molar refractivity (Wildman–Crippen MR) is 74.6 cm³/mol. The summed E-state index contributed by atoms with van der Waals surface area (Å²) in [6.45, 7) is 6.30. The summed E-state index contributed by atoms with van der Waals surface area (Å²) in [4.78, 5) is 0. The van der Waals surface area contributed by atoms with Gasteiger partial charge in [-0.25, -0.2) is 0 Å². The number of hydrogen-bond donors (Lipinski definition) is 1. The van der Waals surface area contributed by atoms with Crippen molar-refractivity contribution in [1.29, 1.82) is 0 Å². The summed E-state index contributed by atoms with van der Waals surface area (Å²) in [5.41, 5.74) is 2.75. The summed E-state index contributed by atoms with van der Waals surface area (Å²) in [7, 11) is 0. The van der Waals surface area contributed by atoms with E-state index in [-0.39, 0.29) is 0 Å². The number of nitrogens with one attached hydrogen (secondary N) is 1. The van der Waals surface area contributed by atoms with Gasteiger partial charge >= 0.3 is 0 Å². The van der Waals surface area contributed by atoms with Crippen LogP contribution >= 0.6 is 11.6 Å². The summed E-state index contributed by atoms with van der Waals surface area (Å²) in [6, 6.07) is 8.87. The Hall–Kier alpha value is -0.530. The Balaban J connectivity index is 1.74. The minimum Gasteiger partial charge on any atom is -0.311 e. The molecule has 2 heteroatoms. The molecule has 0 saturated heterocycles. The third-order valence-electron chi connectivity index (χ3n) is 3.45. The van der Waals surface area contributed by atoms with Gasteiger partial charge in [-0.3, -0.25) is 0 Å². The van der Waals surface area contributed by atoms with E-state index in [1.807, 2.05) is 0 Å². The molecular formula is C15H22ClN. The van der Waals surface area contributed by atoms with Gasteiger partial charge in [0.25, 0.3) is 0 Å². The molecule has 0 amide bonds. The van der Waals surface area contributed by atoms with Crippen molar-refractivity contribution in [1.82, 2.24) is 5.32 Å². The second-order valence-electron chi connectivity index (χ2n) is 5.38. The van der Waals surface area contributed by atoms with Crippen molar-refractivity contribution in [2.45, 2.75) is 44.5 Å². The van der Waals surface area contributed by atoms with Crippen LogP contribution in [0.15, 0.2) is 24.3 Å². The lowest BCUT2D eigenvalue weighted by molar-refractivity contribution is 0.620. The normalized spacial score (nSPS) is 17.4. The maximum absolute atomic E-state index is 6.25. The van der Waals surface area contributed by atoms with E-state index in [9.17, 15) is 0 Å². The maximum Gasteiger partial charge on any atom is 0.0488 e. The summed E-state index contributed by atoms with van der Waals surface area (Å²) < 4.78 is 0. The molecule has 1 N–H and O–H groups in total. The molecule has 2 rings (SSSR count). The Kier molecular flexibility index (Phi) is 4.47. The highest BCUT2D eigenvalue weighted by Crippen LogP contribution is 2.35. The number of benzene rings is 1. The van der Waals surface area contributed by atoms with Crippen molar-refractivity contribution in [3.8, 4) is 0 Å². The van der Waals surface area contributed by atoms with Gasteiger partial charge in [-0.05, 0) is 35.8 Å². The van der Waals surface area contributed by atoms with Crippen LogP contribution in [-0.2, 0) is 6.54 Å². The van der Waals surface area contributed by atoms with Gasteiger partial charge < -0.3 is 5.32 Å². The average molecular weight is 252 g/mol. The predicted octanol–water partition coefficient (Wildman–Crippen LogP) is 3.92. The van der Waals surface area contributed by atoms with Crippen LogP contribution in [0.25, 0.3) is 0 Å². The first-order chi connectivity index (χ1) is 8.16. The SMILES string of the molecule is CC(C)c1ccc(CNCC(Cl)C2CC2)cc1. The Morgan fingerprint density at radius 2 is 1.88 bits per heavy atom. The van der Waals surface area contributed by atoms with E-state index < -0.39 is 0 Å². The first-order valence-corrected chi connectivity index (χ1v) is 7.04. The Morgan fingerprint density at radius 1 is 1.24 bits per heavy atom. The van der Waals surface area contributed by atoms with Gasteiger partial charge in [0.05, 0.1) is 0 Å². The van der Waals surface area contributed by atoms with Gasteiger partial charge in [0.2, 0.25) is 0 Å². The minimum absolute atomic E-state index is 0.324. The Morgan fingerprint density at radius 3 is 2.41 bits per heavy atom. The smallest absolute Gasteiger partial charge is 0.0488 e. The lowest BCUT2D eigenvalue weighted by Crippen LogP contribution is -2.24. The molecule has 0 aromatic heterocycles. The first-order valence-electron chi connectivity index (χ1n) is 6.60. The van der Waals surface area contributed by atoms with Crippen LogP contribution in [-0.4, -0.2) is 11.9 Å². The molecule has 1 unspecified atom stereocenters. The minimum atomic E-state index is 0.324. The molecule has 1 fully saturated rings. The van der Waals surface area contributed by atoms with Crippen molar-refractivity contribution in [2.24, 2.45) is 5.92 Å². The van der Waals surface area contributed by atoms with Crippen molar-refractivity contribution in [3.05, 3.63) is 35.4 Å². The molecule has 17 heavy (non-hydrogen) atoms. The van der Waals surface area contributed by atoms with Crippen molar-refractivity contribution in [2.75, 3.05) is 6.54 Å². The number of halogens is 1. The monoisotopic (exact) mass is 251 g/mol. The summed E-state index contributed by atoms with van der Waals surface area (Å²) in [5, 5.41) is 3.76. The van der Waals surface area contributed by atoms with Crippen LogP contribution in [0.4, 0.5) is 0 Å². The standard InChI is InChI=1S/C15H22ClN/c1-11(2)13-5-3-12(4-6-13)9-17-10-15(16)14-7-8-14/h3-6,11,14-15,17H,7-10H2,1-2H3. The van der Waals surface area contributed by atoms with Crippen LogP contribution < -0.4 is 5.32 Å². The molecule has 0 heterocycles. The quantitative estimate of drug-likeness (QED) is 0.756. The van der Waals surface area contributed by atoms with E-state index in [4.69, 9.17) is 11.6 Å². The van der Waals surface area contributed by atoms with E-state index in [1.165, 1.54) is 24.0 Å². The summed E-state index contributed by atoms with van der Waals surface area (Å²) >= 11 is 6.25. The van der Waals surface area contributed by atoms with Gasteiger partial charge in [-0.15, -0.1) is 11.6 Å². The molecule has 1 nitrogen and oxygen atoms in total. The van der Waals surface area contributed by atoms with Crippen LogP contribution in [0.2, 0.25) is 0 Å². The molecule has 1 aromatic rings. The Bertz CT molecular complexity index is 340. The third-order valence-corrected chi connectivity index (χ3v) is 3.96. The van der Waals surface area contributed by atoms with Crippen molar-refractivity contribution < 1.29 is 0 Å². The third kappa shape index (κ3) is 4.01. The molecule has 94 valence electrons. The molecule has 1 aliphatic rings. The molecule has 1 atom stereocenters. The lowest BCUT2D eigenvalue weighted by Gasteiger charge is -2.10. The highest BCUT2D eigenvalue weighted by atomic mass is 35.5. The largest absolute Gasteiger partial charge is 0.311 e. The highest BCUT2D eigenvalue weighted by molar-refractivity contribution is 6.21. The van der Waals surface area contributed by atoms with E-state index in [1.54, 1.807) is 0 Å². The Labute approximate surface area is 110 Å². The fourth-order valence-corrected chi connectivity index (χ4v) is 2.36. The van der Waals surface area contributed by atoms with Gasteiger partial charge in [-0.2, -0.15) is 0 Å². The topological polar surface area (TPSA) is 12.0 Å². The first kappa shape index (κ1) is 12.9. The number of hydrogen-bond acceptors (Lipinski definition) is 1. The van der Waals surface area contributed by atoms with Crippen LogP contribution in [0.1, 0.15) is 43.7 Å². The molecule has 1 saturated carbocycles. The zero-order valence-corrected chi connectivity index (χ0v) is 11.5. The fourth-order valence-electron chi connectivity index (χ4n) is 2.00. The summed E-state index contributed by atoms with van der Waals surface area (Å²) in [5.74, 6) is 1.38. The molecule has 0 spiro atoms. The second-order valence-corrected chi connectivity index (χ2v) is 5.94. The molecule has 0 aliphatic heterocycles. The van der Waals surface area contributed by atoms with Crippen LogP contribution in [0, 0.1) is 5.92 Å². The van der Waals surface area contributed by atoms with Crippen molar-refractivity contribution in [3.63, 3.8) is 0 Å². The van der Waals surface area contributed by atoms with Gasteiger partial charge in [-0.1, -0.05) is 38.1 Å². The van der Waals surface area contributed by atoms with Crippen molar-refractivity contribution >= 4 is 11.6 Å². The fraction of sp³-hybridized carbons (Fsp3) is 0.600. The van der Waals surface area contributed by atoms with E-state index in [2.05, 4.69) is 43.4 Å². The van der Waals surface area contributed by atoms with E-state index in [0.717, 1.165) is 19.0 Å². The molecule has 1 aliphatic carbocycles. The van der Waals surface area contributed by atoms with Crippen LogP contribution in [0.5, 0.6) is 0 Å². The molecule has 1 aromatic carbocycles. The number of rotatable bonds is 6. The average Bonchev–Trinajstić information content (AvgIpc) is 3.13. The van der Waals surface area contributed by atoms with Gasteiger partial charge in [0, 0.05) is 18.5 Å². The maximum atomic E-state index is 6.25. The molecule has 0 radical (unpaired) electrons. The highest BCUT2D eigenvalue weighted by Gasteiger charge is 2.28. The van der Waals surface area contributed by atoms with Crippen LogP contribution in [0.3, 0.4) is 0 Å². The van der Waals surface area contributed by atoms with Gasteiger partial charge in [0.15, 0.2) is 0 Å². The number of alkyl halides is 1. The summed E-state index contributed by atoms with van der Waals surface area (Å²) in [6.07, 6.45) is 2.64. The lowest BCUT2D eigenvalue weighted by atomic mass is 10.0. The molecule has 0 bridgehead atoms. The molecular weight excluding hydrogens is 230 g/mol. The van der Waals surface area contributed by atoms with Gasteiger partial charge in [0.1, 0.15) is 0 Å². The van der Waals surface area contributed by atoms with E-state index in [0.29, 0.717) is 11.3 Å². The second kappa shape index (κ2) is 5.88.